The number of fused-ring (bicyclic) bond motifs is 4. The van der Waals surface area contributed by atoms with Crippen LogP contribution in [-0.4, -0.2) is 124 Å². The third-order valence-corrected chi connectivity index (χ3v) is 17.5. The van der Waals surface area contributed by atoms with Gasteiger partial charge in [0.05, 0.1) is 33.5 Å². The van der Waals surface area contributed by atoms with Crippen molar-refractivity contribution in [3.05, 3.63) is 112 Å². The minimum Gasteiger partial charge on any atom is -0.472 e. The first-order valence-corrected chi connectivity index (χ1v) is 28.5. The van der Waals surface area contributed by atoms with Crippen molar-refractivity contribution in [1.29, 1.82) is 5.26 Å². The Bertz CT molecular complexity index is 3720. The Balaban J connectivity index is 0.731. The van der Waals surface area contributed by atoms with Crippen LogP contribution in [0.2, 0.25) is 0 Å². The summed E-state index contributed by atoms with van der Waals surface area (Å²) in [4.78, 5) is 42.0. The van der Waals surface area contributed by atoms with Crippen LogP contribution in [0.5, 0.6) is 11.9 Å². The van der Waals surface area contributed by atoms with E-state index in [2.05, 4.69) is 25.8 Å². The van der Waals surface area contributed by atoms with Gasteiger partial charge in [-0.25, -0.2) is 26.3 Å². The summed E-state index contributed by atoms with van der Waals surface area (Å²) in [6, 6.07) is 11.0. The third kappa shape index (κ3) is 11.7. The number of hydrogen-bond acceptors (Lipinski definition) is 15. The van der Waals surface area contributed by atoms with Crippen LogP contribution < -0.4 is 30.7 Å². The lowest BCUT2D eigenvalue weighted by atomic mass is 9.91. The van der Waals surface area contributed by atoms with Gasteiger partial charge in [-0.1, -0.05) is 44.2 Å². The number of rotatable bonds is 16. The highest BCUT2D eigenvalue weighted by Gasteiger charge is 2.45. The molecule has 4 aliphatic heterocycles. The Morgan fingerprint density at radius 2 is 1.64 bits per heavy atom. The molecule has 4 aliphatic rings. The van der Waals surface area contributed by atoms with Crippen LogP contribution in [0.3, 0.4) is 0 Å². The summed E-state index contributed by atoms with van der Waals surface area (Å²) in [6.45, 7) is 5.97. The Kier molecular flexibility index (Phi) is 16.2. The van der Waals surface area contributed by atoms with Crippen molar-refractivity contribution in [2.24, 2.45) is 5.92 Å². The molecule has 0 radical (unpaired) electrons. The van der Waals surface area contributed by atoms with E-state index in [-0.39, 0.29) is 119 Å². The minimum absolute atomic E-state index is 0.00262. The number of ether oxygens (including phenoxy) is 2. The van der Waals surface area contributed by atoms with Gasteiger partial charge in [-0.3, -0.25) is 14.5 Å². The van der Waals surface area contributed by atoms with E-state index in [1.54, 1.807) is 37.8 Å². The van der Waals surface area contributed by atoms with E-state index in [1.807, 2.05) is 11.0 Å². The molecule has 4 fully saturated rings. The van der Waals surface area contributed by atoms with Gasteiger partial charge in [0.1, 0.15) is 76.5 Å². The number of nitrogen functional groups attached to an aromatic ring is 1. The zero-order valence-electron chi connectivity index (χ0n) is 46.0. The quantitative estimate of drug-likeness (QED) is 0.0664. The first-order chi connectivity index (χ1) is 40.5. The molecule has 2 bridgehead atoms. The Morgan fingerprint density at radius 3 is 2.29 bits per heavy atom. The molecule has 85 heavy (non-hydrogen) atoms. The molecule has 5 N–H and O–H groups in total. The van der Waals surface area contributed by atoms with E-state index in [9.17, 15) is 33.1 Å². The second-order valence-electron chi connectivity index (χ2n) is 22.5. The van der Waals surface area contributed by atoms with Crippen molar-refractivity contribution >= 4 is 55.0 Å². The fourth-order valence-corrected chi connectivity index (χ4v) is 13.1. The molecule has 4 saturated heterocycles. The Hall–Kier alpha value is -7.73. The summed E-state index contributed by atoms with van der Waals surface area (Å²) in [5.74, 6) is -7.90. The number of thiophene rings is 1. The van der Waals surface area contributed by atoms with Crippen LogP contribution in [0.15, 0.2) is 65.2 Å². The summed E-state index contributed by atoms with van der Waals surface area (Å²) < 4.78 is 154. The number of carbonyl (C=O) groups excluding carboxylic acids is 2. The molecule has 7 heterocycles. The normalized spacial score (nSPS) is 20.5. The average molecular weight is 1210 g/mol. The van der Waals surface area contributed by atoms with Crippen LogP contribution in [0, 0.1) is 46.3 Å². The number of benzene rings is 4. The molecule has 4 aromatic carbocycles. The number of aliphatic hydroxyl groups is 1. The van der Waals surface area contributed by atoms with Crippen LogP contribution in [0.1, 0.15) is 87.3 Å². The molecule has 2 amide bonds. The summed E-state index contributed by atoms with van der Waals surface area (Å²) in [5.41, 5.74) is 0.993. The maximum absolute atomic E-state index is 17.3. The number of β-amino-alcohol motifs (C(OH)–C–C–N with tert-alkyl or cyclic N) is 1. The molecule has 26 heteroatoms. The van der Waals surface area contributed by atoms with E-state index in [0.29, 0.717) is 42.1 Å². The maximum Gasteiger partial charge on any atom is 0.417 e. The monoisotopic (exact) mass is 1200 g/mol. The van der Waals surface area contributed by atoms with Crippen molar-refractivity contribution in [1.82, 2.24) is 35.6 Å². The third-order valence-electron chi connectivity index (χ3n) is 16.5. The van der Waals surface area contributed by atoms with Gasteiger partial charge in [-0.2, -0.15) is 28.4 Å². The lowest BCUT2D eigenvalue weighted by Gasteiger charge is -2.35. The molecule has 448 valence electrons. The highest BCUT2D eigenvalue weighted by atomic mass is 32.1. The van der Waals surface area contributed by atoms with Gasteiger partial charge in [0.15, 0.2) is 11.6 Å². The number of anilines is 2. The summed E-state index contributed by atoms with van der Waals surface area (Å²) in [7, 11) is 0. The number of likely N-dealkylation sites (tertiary alicyclic amines) is 2. The van der Waals surface area contributed by atoms with Crippen molar-refractivity contribution in [3.8, 4) is 40.2 Å². The van der Waals surface area contributed by atoms with E-state index in [4.69, 9.17) is 19.7 Å². The first-order valence-electron chi connectivity index (χ1n) is 27.7. The molecule has 2 unspecified atom stereocenters. The first kappa shape index (κ1) is 59.0. The number of nitrogens with two attached hydrogens (primary N) is 1. The van der Waals surface area contributed by atoms with Gasteiger partial charge in [-0.05, 0) is 72.5 Å². The van der Waals surface area contributed by atoms with Crippen molar-refractivity contribution in [2.75, 3.05) is 63.1 Å². The van der Waals surface area contributed by atoms with Crippen molar-refractivity contribution < 1.29 is 68.2 Å². The largest absolute Gasteiger partial charge is 0.472 e. The van der Waals surface area contributed by atoms with Crippen molar-refractivity contribution in [3.63, 3.8) is 0 Å². The SMILES string of the molecule is CC(C)[C@@H](C(=O)N1C[C@H](O)C[C@H]1C(=O)N[C@@H](C)c1ccc(-c2c(F)cc(F)cc2F)cc1)c1cc(OCC2(F)CCN(CCOc3nc(N4CC5CCC(C4)N5)c4cc(C(F)(F)F)c(-c5ccc(F)c6sc(N)c(C#N)c56)c(F)c4n3)CC2)no1. The van der Waals surface area contributed by atoms with E-state index in [0.717, 1.165) is 31.0 Å². The predicted molar refractivity (Wildman–Crippen MR) is 296 cm³/mol. The van der Waals surface area contributed by atoms with Gasteiger partial charge < -0.3 is 45.3 Å². The number of hydrogen-bond donors (Lipinski definition) is 4. The number of piperazine rings is 1. The van der Waals surface area contributed by atoms with Crippen molar-refractivity contribution in [2.45, 2.75) is 101 Å². The molecular weight excluding hydrogens is 1150 g/mol. The minimum atomic E-state index is -5.13. The molecule has 11 rings (SSSR count). The van der Waals surface area contributed by atoms with Crippen LogP contribution in [0.4, 0.5) is 50.3 Å². The number of halogens is 9. The number of alkyl halides is 4. The fraction of sp³-hybridized carbons (Fsp3) is 0.424. The van der Waals surface area contributed by atoms with E-state index >= 15 is 26.3 Å². The topological polar surface area (TPSA) is 208 Å². The van der Waals surface area contributed by atoms with Crippen LogP contribution >= 0.6 is 11.3 Å². The second-order valence-corrected chi connectivity index (χ2v) is 23.6. The number of aromatic nitrogens is 3. The highest BCUT2D eigenvalue weighted by molar-refractivity contribution is 7.23. The lowest BCUT2D eigenvalue weighted by molar-refractivity contribution is -0.141. The maximum atomic E-state index is 17.3. The molecule has 0 saturated carbocycles. The summed E-state index contributed by atoms with van der Waals surface area (Å²) >= 11 is 0.663. The average Bonchev–Trinajstić information content (AvgIpc) is 3.26. The van der Waals surface area contributed by atoms with E-state index in [1.165, 1.54) is 23.1 Å². The number of amides is 2. The standard InChI is InChI=1S/C59H57F9N10O6S/c1-28(2)46(56(81)78-26-35(79)20-43(78)55(80)71-29(3)30-4-6-31(7-5-30)47-41(62)18-32(60)19-42(47)63)44-22-45(75-84-44)83-27-58(65)12-14-76(15-13-58)16-17-82-57-73-51-37(54(74-57)77-24-33-8-9-34(25-77)72-33)21-39(59(66,67)68)49(50(51)64)36-10-11-40(61)52-48(36)38(23-69)53(70)85-52/h4-7,10-11,18-19,21-22,28-29,33-35,43,46,72,79H,8-9,12-17,20,24-27,70H2,1-3H3,(H,71,80)/t29-,33?,34?,35+,43-,46+/m0/s1. The van der Waals surface area contributed by atoms with Crippen LogP contribution in [-0.2, 0) is 15.8 Å². The van der Waals surface area contributed by atoms with Gasteiger partial charge in [-0.15, -0.1) is 11.3 Å². The summed E-state index contributed by atoms with van der Waals surface area (Å²) in [6.07, 6.45) is -4.56. The van der Waals surface area contributed by atoms with Gasteiger partial charge in [0.2, 0.25) is 11.8 Å². The zero-order chi connectivity index (χ0) is 60.4. The number of carbonyl (C=O) groups is 2. The molecule has 6 atom stereocenters. The molecule has 16 nitrogen and oxygen atoms in total. The van der Waals surface area contributed by atoms with Crippen LogP contribution in [0.25, 0.3) is 43.2 Å². The van der Waals surface area contributed by atoms with Gasteiger partial charge >= 0.3 is 12.2 Å². The molecular formula is C59H57F9N10O6S. The predicted octanol–water partition coefficient (Wildman–Crippen LogP) is 10.1. The molecule has 0 aliphatic carbocycles. The second kappa shape index (κ2) is 23.3. The van der Waals surface area contributed by atoms with E-state index < -0.39 is 117 Å². The lowest BCUT2D eigenvalue weighted by Crippen LogP contribution is -2.51. The fourth-order valence-electron chi connectivity index (χ4n) is 12.1. The number of piperidine rings is 1. The molecule has 0 spiro atoms. The Morgan fingerprint density at radius 1 is 0.941 bits per heavy atom. The highest BCUT2D eigenvalue weighted by Crippen LogP contribution is 2.49. The number of aliphatic hydroxyl groups excluding tert-OH is 1. The summed E-state index contributed by atoms with van der Waals surface area (Å²) in [5, 5.41) is 30.3. The van der Waals surface area contributed by atoms with Gasteiger partial charge in [0.25, 0.3) is 5.88 Å². The smallest absolute Gasteiger partial charge is 0.417 e. The number of nitrogens with one attached hydrogen (secondary N) is 2. The van der Waals surface area contributed by atoms with Gasteiger partial charge in [0, 0.05) is 92.3 Å². The Labute approximate surface area is 484 Å². The number of nitriles is 1. The molecule has 3 aromatic heterocycles. The molecule has 7 aromatic rings. The zero-order valence-corrected chi connectivity index (χ0v) is 46.8. The number of nitrogens with zero attached hydrogens (tertiary/aromatic N) is 7.